The summed E-state index contributed by atoms with van der Waals surface area (Å²) < 4.78 is 39.4. The van der Waals surface area contributed by atoms with E-state index in [4.69, 9.17) is 0 Å². The van der Waals surface area contributed by atoms with Gasteiger partial charge in [0.15, 0.2) is 0 Å². The highest BCUT2D eigenvalue weighted by molar-refractivity contribution is 7.92. The van der Waals surface area contributed by atoms with Gasteiger partial charge in [0, 0.05) is 12.1 Å². The third-order valence-corrected chi connectivity index (χ3v) is 4.17. The van der Waals surface area contributed by atoms with Gasteiger partial charge in [-0.25, -0.2) is 12.8 Å². The molecule has 0 aliphatic carbocycles. The molecule has 0 bridgehead atoms. The van der Waals surface area contributed by atoms with Crippen LogP contribution in [0, 0.1) is 22.9 Å². The normalized spacial score (nSPS) is 11.1. The number of nitro benzene ring substituents is 1. The first kappa shape index (κ1) is 14.9. The van der Waals surface area contributed by atoms with Gasteiger partial charge in [0.1, 0.15) is 5.82 Å². The van der Waals surface area contributed by atoms with Crippen LogP contribution in [-0.4, -0.2) is 13.3 Å². The van der Waals surface area contributed by atoms with Crippen LogP contribution in [-0.2, 0) is 10.0 Å². The number of benzene rings is 2. The van der Waals surface area contributed by atoms with Gasteiger partial charge >= 0.3 is 0 Å². The van der Waals surface area contributed by atoms with E-state index in [1.54, 1.807) is 6.92 Å². The second kappa shape index (κ2) is 5.49. The molecule has 0 amide bonds. The minimum Gasteiger partial charge on any atom is -0.279 e. The Labute approximate surface area is 120 Å². The molecule has 0 atom stereocenters. The van der Waals surface area contributed by atoms with E-state index in [0.29, 0.717) is 5.56 Å². The number of rotatable bonds is 4. The number of nitrogens with one attached hydrogen (secondary N) is 1. The van der Waals surface area contributed by atoms with Crippen molar-refractivity contribution in [3.05, 3.63) is 64.0 Å². The summed E-state index contributed by atoms with van der Waals surface area (Å²) in [7, 11) is -3.87. The lowest BCUT2D eigenvalue weighted by molar-refractivity contribution is -0.384. The molecule has 0 saturated carbocycles. The number of hydrogen-bond acceptors (Lipinski definition) is 4. The SMILES string of the molecule is Cc1cc([N+](=O)[O-])ccc1NS(=O)(=O)c1ccc(F)cc1. The number of hydrogen-bond donors (Lipinski definition) is 1. The van der Waals surface area contributed by atoms with Crippen LogP contribution in [0.15, 0.2) is 47.4 Å². The summed E-state index contributed by atoms with van der Waals surface area (Å²) in [6.45, 7) is 1.55. The van der Waals surface area contributed by atoms with Crippen LogP contribution in [0.5, 0.6) is 0 Å². The summed E-state index contributed by atoms with van der Waals surface area (Å²) in [5.41, 5.74) is 0.511. The highest BCUT2D eigenvalue weighted by atomic mass is 32.2. The topological polar surface area (TPSA) is 89.3 Å². The van der Waals surface area contributed by atoms with E-state index in [0.717, 1.165) is 24.3 Å². The van der Waals surface area contributed by atoms with E-state index in [9.17, 15) is 22.9 Å². The maximum Gasteiger partial charge on any atom is 0.269 e. The number of nitro groups is 1. The second-order valence-corrected chi connectivity index (χ2v) is 6.00. The highest BCUT2D eigenvalue weighted by Crippen LogP contribution is 2.24. The molecule has 0 aromatic heterocycles. The van der Waals surface area contributed by atoms with Crippen molar-refractivity contribution in [3.63, 3.8) is 0 Å². The van der Waals surface area contributed by atoms with Crippen LogP contribution in [0.3, 0.4) is 0 Å². The summed E-state index contributed by atoms with van der Waals surface area (Å²) in [6.07, 6.45) is 0. The lowest BCUT2D eigenvalue weighted by Gasteiger charge is -2.10. The molecule has 8 heteroatoms. The molecule has 0 aliphatic rings. The van der Waals surface area contributed by atoms with E-state index in [1.807, 2.05) is 0 Å². The Morgan fingerprint density at radius 2 is 1.76 bits per heavy atom. The Morgan fingerprint density at radius 1 is 1.14 bits per heavy atom. The van der Waals surface area contributed by atoms with Gasteiger partial charge in [-0.1, -0.05) is 0 Å². The van der Waals surface area contributed by atoms with Crippen molar-refractivity contribution in [1.82, 2.24) is 0 Å². The molecular weight excluding hydrogens is 299 g/mol. The van der Waals surface area contributed by atoms with E-state index >= 15 is 0 Å². The lowest BCUT2D eigenvalue weighted by Crippen LogP contribution is -2.13. The Morgan fingerprint density at radius 3 is 2.29 bits per heavy atom. The van der Waals surface area contributed by atoms with Gasteiger partial charge in [0.05, 0.1) is 15.5 Å². The molecule has 110 valence electrons. The first-order chi connectivity index (χ1) is 9.79. The summed E-state index contributed by atoms with van der Waals surface area (Å²) in [5, 5.41) is 10.6. The zero-order chi connectivity index (χ0) is 15.6. The van der Waals surface area contributed by atoms with Gasteiger partial charge in [-0.15, -0.1) is 0 Å². The number of nitrogens with zero attached hydrogens (tertiary/aromatic N) is 1. The Kier molecular flexibility index (Phi) is 3.90. The third-order valence-electron chi connectivity index (χ3n) is 2.79. The molecule has 21 heavy (non-hydrogen) atoms. The Balaban J connectivity index is 2.32. The molecule has 1 N–H and O–H groups in total. The first-order valence-electron chi connectivity index (χ1n) is 5.83. The average Bonchev–Trinajstić information content (AvgIpc) is 2.41. The fourth-order valence-corrected chi connectivity index (χ4v) is 2.82. The molecule has 2 aromatic carbocycles. The quantitative estimate of drug-likeness (QED) is 0.694. The fraction of sp³-hybridized carbons (Fsp3) is 0.0769. The van der Waals surface area contributed by atoms with Crippen molar-refractivity contribution >= 4 is 21.4 Å². The molecule has 0 heterocycles. The Hall–Kier alpha value is -2.48. The molecule has 0 unspecified atom stereocenters. The predicted octanol–water partition coefficient (Wildman–Crippen LogP) is 2.84. The van der Waals surface area contributed by atoms with Crippen LogP contribution in [0.4, 0.5) is 15.8 Å². The van der Waals surface area contributed by atoms with Crippen molar-refractivity contribution < 1.29 is 17.7 Å². The Bertz CT molecular complexity index is 788. The van der Waals surface area contributed by atoms with Gasteiger partial charge in [0.25, 0.3) is 15.7 Å². The molecular formula is C13H11FN2O4S. The van der Waals surface area contributed by atoms with Gasteiger partial charge in [-0.3, -0.25) is 14.8 Å². The van der Waals surface area contributed by atoms with E-state index in [2.05, 4.69) is 4.72 Å². The summed E-state index contributed by atoms with van der Waals surface area (Å²) in [5.74, 6) is -0.541. The van der Waals surface area contributed by atoms with Crippen molar-refractivity contribution in [2.45, 2.75) is 11.8 Å². The summed E-state index contributed by atoms with van der Waals surface area (Å²) in [6, 6.07) is 8.14. The van der Waals surface area contributed by atoms with Crippen molar-refractivity contribution in [3.8, 4) is 0 Å². The first-order valence-corrected chi connectivity index (χ1v) is 7.31. The van der Waals surface area contributed by atoms with E-state index in [1.165, 1.54) is 18.2 Å². The molecule has 2 aromatic rings. The van der Waals surface area contributed by atoms with E-state index in [-0.39, 0.29) is 16.3 Å². The van der Waals surface area contributed by atoms with Gasteiger partial charge < -0.3 is 0 Å². The van der Waals surface area contributed by atoms with Crippen LogP contribution >= 0.6 is 0 Å². The summed E-state index contributed by atoms with van der Waals surface area (Å²) >= 11 is 0. The lowest BCUT2D eigenvalue weighted by atomic mass is 10.2. The molecule has 0 spiro atoms. The maximum absolute atomic E-state index is 12.8. The maximum atomic E-state index is 12.8. The molecule has 0 radical (unpaired) electrons. The minimum atomic E-state index is -3.87. The summed E-state index contributed by atoms with van der Waals surface area (Å²) in [4.78, 5) is 9.97. The van der Waals surface area contributed by atoms with Crippen molar-refractivity contribution in [2.24, 2.45) is 0 Å². The number of halogens is 1. The van der Waals surface area contributed by atoms with Crippen LogP contribution < -0.4 is 4.72 Å². The molecule has 0 saturated heterocycles. The number of aryl methyl sites for hydroxylation is 1. The number of anilines is 1. The third kappa shape index (κ3) is 3.34. The monoisotopic (exact) mass is 310 g/mol. The van der Waals surface area contributed by atoms with Gasteiger partial charge in [-0.2, -0.15) is 0 Å². The fourth-order valence-electron chi connectivity index (χ4n) is 1.69. The van der Waals surface area contributed by atoms with Crippen LogP contribution in [0.2, 0.25) is 0 Å². The van der Waals surface area contributed by atoms with Gasteiger partial charge in [0.2, 0.25) is 0 Å². The molecule has 0 fully saturated rings. The molecule has 0 aliphatic heterocycles. The van der Waals surface area contributed by atoms with Crippen molar-refractivity contribution in [1.29, 1.82) is 0 Å². The number of sulfonamides is 1. The standard InChI is InChI=1S/C13H11FN2O4S/c1-9-8-11(16(17)18)4-7-13(9)15-21(19,20)12-5-2-10(14)3-6-12/h2-8,15H,1H3. The largest absolute Gasteiger partial charge is 0.279 e. The molecule has 2 rings (SSSR count). The smallest absolute Gasteiger partial charge is 0.269 e. The van der Waals surface area contributed by atoms with E-state index < -0.39 is 20.8 Å². The van der Waals surface area contributed by atoms with Gasteiger partial charge in [-0.05, 0) is 42.8 Å². The predicted molar refractivity (Wildman–Crippen MR) is 75.0 cm³/mol. The number of non-ortho nitro benzene ring substituents is 1. The highest BCUT2D eigenvalue weighted by Gasteiger charge is 2.16. The minimum absolute atomic E-state index is 0.0957. The van der Waals surface area contributed by atoms with Crippen LogP contribution in [0.1, 0.15) is 5.56 Å². The second-order valence-electron chi connectivity index (χ2n) is 4.32. The van der Waals surface area contributed by atoms with Crippen molar-refractivity contribution in [2.75, 3.05) is 4.72 Å². The zero-order valence-electron chi connectivity index (χ0n) is 10.9. The van der Waals surface area contributed by atoms with Crippen LogP contribution in [0.25, 0.3) is 0 Å². The molecule has 6 nitrogen and oxygen atoms in total. The zero-order valence-corrected chi connectivity index (χ0v) is 11.7. The average molecular weight is 310 g/mol.